The number of hydrogen-bond donors (Lipinski definition) is 0. The molecule has 1 rings (SSSR count). The van der Waals surface area contributed by atoms with Gasteiger partial charge in [-0.2, -0.15) is 13.2 Å². The number of amides is 2. The van der Waals surface area contributed by atoms with E-state index in [2.05, 4.69) is 0 Å². The van der Waals surface area contributed by atoms with Crippen molar-refractivity contribution < 1.29 is 22.8 Å². The van der Waals surface area contributed by atoms with E-state index in [1.807, 2.05) is 13.8 Å². The van der Waals surface area contributed by atoms with Crippen molar-refractivity contribution in [2.24, 2.45) is 0 Å². The highest BCUT2D eigenvalue weighted by Crippen LogP contribution is 2.37. The van der Waals surface area contributed by atoms with Crippen LogP contribution in [0.3, 0.4) is 0 Å². The molecule has 0 saturated carbocycles. The average molecular weight is 446 g/mol. The molecular formula is C15H22F3IN2O2. The van der Waals surface area contributed by atoms with Crippen molar-refractivity contribution in [2.75, 3.05) is 13.1 Å². The summed E-state index contributed by atoms with van der Waals surface area (Å²) in [6.45, 7) is 4.68. The van der Waals surface area contributed by atoms with Gasteiger partial charge in [-0.25, -0.2) is 4.90 Å². The first-order chi connectivity index (χ1) is 10.7. The Labute approximate surface area is 148 Å². The number of allylic oxidation sites excluding steroid dienone is 1. The van der Waals surface area contributed by atoms with Crippen molar-refractivity contribution in [3.8, 4) is 0 Å². The molecule has 2 amide bonds. The van der Waals surface area contributed by atoms with Crippen molar-refractivity contribution in [1.29, 1.82) is 0 Å². The standard InChI is InChI=1S/C15H22F3IN2O2/c1-3-5-9-20(10-6-4-2)14(13(19)15(16,17)18)21-11(22)7-8-12(21)23/h3-10H2,1-2H3/b14-13-. The van der Waals surface area contributed by atoms with Crippen LogP contribution in [0.2, 0.25) is 0 Å². The van der Waals surface area contributed by atoms with Gasteiger partial charge < -0.3 is 4.90 Å². The van der Waals surface area contributed by atoms with Crippen molar-refractivity contribution >= 4 is 34.4 Å². The second-order valence-electron chi connectivity index (χ2n) is 5.45. The molecule has 1 aliphatic heterocycles. The number of nitrogens with zero attached hydrogens (tertiary/aromatic N) is 2. The fraction of sp³-hybridized carbons (Fsp3) is 0.733. The molecule has 1 aliphatic rings. The summed E-state index contributed by atoms with van der Waals surface area (Å²) in [5, 5.41) is 0. The van der Waals surface area contributed by atoms with Gasteiger partial charge in [-0.1, -0.05) is 26.7 Å². The molecule has 0 aromatic rings. The molecule has 0 radical (unpaired) electrons. The molecule has 4 nitrogen and oxygen atoms in total. The molecule has 23 heavy (non-hydrogen) atoms. The lowest BCUT2D eigenvalue weighted by molar-refractivity contribution is -0.138. The quantitative estimate of drug-likeness (QED) is 0.415. The normalized spacial score (nSPS) is 16.9. The van der Waals surface area contributed by atoms with Gasteiger partial charge in [-0.05, 0) is 35.4 Å². The zero-order chi connectivity index (χ0) is 17.6. The minimum atomic E-state index is -4.59. The molecule has 132 valence electrons. The fourth-order valence-corrected chi connectivity index (χ4v) is 2.92. The summed E-state index contributed by atoms with van der Waals surface area (Å²) >= 11 is 1.21. The number of halogens is 4. The third-order valence-electron chi connectivity index (χ3n) is 3.57. The van der Waals surface area contributed by atoms with Crippen molar-refractivity contribution in [3.63, 3.8) is 0 Å². The van der Waals surface area contributed by atoms with Crippen molar-refractivity contribution in [1.82, 2.24) is 9.80 Å². The number of carbonyl (C=O) groups is 2. The lowest BCUT2D eigenvalue weighted by Crippen LogP contribution is -2.41. The van der Waals surface area contributed by atoms with E-state index in [9.17, 15) is 22.8 Å². The Morgan fingerprint density at radius 1 is 1.09 bits per heavy atom. The molecule has 0 bridgehead atoms. The summed E-state index contributed by atoms with van der Waals surface area (Å²) in [7, 11) is 0. The van der Waals surface area contributed by atoms with Gasteiger partial charge in [-0.15, -0.1) is 0 Å². The van der Waals surface area contributed by atoms with Crippen LogP contribution in [-0.4, -0.2) is 40.9 Å². The van der Waals surface area contributed by atoms with Crippen LogP contribution in [0.5, 0.6) is 0 Å². The number of imide groups is 1. The zero-order valence-corrected chi connectivity index (χ0v) is 15.5. The fourth-order valence-electron chi connectivity index (χ4n) is 2.34. The van der Waals surface area contributed by atoms with Gasteiger partial charge >= 0.3 is 6.18 Å². The van der Waals surface area contributed by atoms with Crippen LogP contribution < -0.4 is 0 Å². The lowest BCUT2D eigenvalue weighted by atomic mass is 10.2. The minimum absolute atomic E-state index is 0.0283. The van der Waals surface area contributed by atoms with E-state index in [1.54, 1.807) is 4.90 Å². The summed E-state index contributed by atoms with van der Waals surface area (Å²) in [6.07, 6.45) is -1.61. The summed E-state index contributed by atoms with van der Waals surface area (Å²) in [4.78, 5) is 26.2. The van der Waals surface area contributed by atoms with Crippen LogP contribution in [-0.2, 0) is 9.59 Å². The van der Waals surface area contributed by atoms with Crippen LogP contribution in [0, 0.1) is 0 Å². The summed E-state index contributed by atoms with van der Waals surface area (Å²) in [5.41, 5.74) is 0. The van der Waals surface area contributed by atoms with Gasteiger partial charge in [0.25, 0.3) is 0 Å². The Morgan fingerprint density at radius 2 is 1.52 bits per heavy atom. The maximum absolute atomic E-state index is 13.3. The lowest BCUT2D eigenvalue weighted by Gasteiger charge is -2.33. The first kappa shape index (κ1) is 20.2. The van der Waals surface area contributed by atoms with Gasteiger partial charge in [0.05, 0.1) is 0 Å². The molecule has 0 N–H and O–H groups in total. The van der Waals surface area contributed by atoms with Crippen LogP contribution in [0.25, 0.3) is 0 Å². The first-order valence-corrected chi connectivity index (χ1v) is 8.89. The SMILES string of the molecule is CCCCN(CCCC)/C(=C(/I)C(F)(F)F)N1C(=O)CCC1=O. The minimum Gasteiger partial charge on any atom is -0.357 e. The zero-order valence-electron chi connectivity index (χ0n) is 13.4. The van der Waals surface area contributed by atoms with E-state index < -0.39 is 21.6 Å². The summed E-state index contributed by atoms with van der Waals surface area (Å²) in [6, 6.07) is 0. The monoisotopic (exact) mass is 446 g/mol. The van der Waals surface area contributed by atoms with Gasteiger partial charge in [0.15, 0.2) is 0 Å². The van der Waals surface area contributed by atoms with Gasteiger partial charge in [0, 0.05) is 25.9 Å². The molecule has 1 heterocycles. The Balaban J connectivity index is 3.30. The number of rotatable bonds is 8. The molecule has 0 unspecified atom stereocenters. The Bertz CT molecular complexity index is 454. The molecule has 0 spiro atoms. The molecular weight excluding hydrogens is 424 g/mol. The smallest absolute Gasteiger partial charge is 0.357 e. The third-order valence-corrected chi connectivity index (χ3v) is 4.67. The maximum Gasteiger partial charge on any atom is 0.425 e. The molecule has 0 aliphatic carbocycles. The number of hydrogen-bond acceptors (Lipinski definition) is 3. The van der Waals surface area contributed by atoms with Crippen LogP contribution in [0.15, 0.2) is 9.40 Å². The van der Waals surface area contributed by atoms with Gasteiger partial charge in [0.1, 0.15) is 9.40 Å². The Hall–Kier alpha value is -0.800. The molecule has 1 saturated heterocycles. The second kappa shape index (κ2) is 8.89. The summed E-state index contributed by atoms with van der Waals surface area (Å²) in [5.74, 6) is -1.39. The largest absolute Gasteiger partial charge is 0.425 e. The number of unbranched alkanes of at least 4 members (excludes halogenated alkanes) is 2. The highest BCUT2D eigenvalue weighted by atomic mass is 127. The van der Waals surface area contributed by atoms with E-state index in [0.717, 1.165) is 17.7 Å². The number of alkyl halides is 3. The van der Waals surface area contributed by atoms with E-state index in [0.29, 0.717) is 25.9 Å². The maximum atomic E-state index is 13.3. The third kappa shape index (κ3) is 5.36. The van der Waals surface area contributed by atoms with Crippen LogP contribution in [0.1, 0.15) is 52.4 Å². The van der Waals surface area contributed by atoms with Crippen molar-refractivity contribution in [3.05, 3.63) is 9.40 Å². The molecule has 1 fully saturated rings. The second-order valence-corrected chi connectivity index (χ2v) is 6.53. The van der Waals surface area contributed by atoms with Crippen LogP contribution in [0.4, 0.5) is 13.2 Å². The highest BCUT2D eigenvalue weighted by Gasteiger charge is 2.43. The average Bonchev–Trinajstić information content (AvgIpc) is 2.80. The predicted molar refractivity (Wildman–Crippen MR) is 89.6 cm³/mol. The van der Waals surface area contributed by atoms with E-state index in [-0.39, 0.29) is 18.7 Å². The van der Waals surface area contributed by atoms with E-state index in [4.69, 9.17) is 0 Å². The number of carbonyl (C=O) groups excluding carboxylic acids is 2. The van der Waals surface area contributed by atoms with Crippen LogP contribution >= 0.6 is 22.6 Å². The predicted octanol–water partition coefficient (Wildman–Crippen LogP) is 4.20. The Kier molecular flexibility index (Phi) is 7.82. The number of likely N-dealkylation sites (tertiary alicyclic amines) is 1. The van der Waals surface area contributed by atoms with E-state index >= 15 is 0 Å². The summed E-state index contributed by atoms with van der Waals surface area (Å²) < 4.78 is 38.9. The molecule has 8 heteroatoms. The van der Waals surface area contributed by atoms with Crippen molar-refractivity contribution in [2.45, 2.75) is 58.5 Å². The molecule has 0 aromatic heterocycles. The Morgan fingerprint density at radius 3 is 1.87 bits per heavy atom. The molecule has 0 atom stereocenters. The highest BCUT2D eigenvalue weighted by molar-refractivity contribution is 14.1. The van der Waals surface area contributed by atoms with Gasteiger partial charge in [0.2, 0.25) is 11.8 Å². The van der Waals surface area contributed by atoms with Gasteiger partial charge in [-0.3, -0.25) is 9.59 Å². The van der Waals surface area contributed by atoms with E-state index in [1.165, 1.54) is 22.6 Å². The first-order valence-electron chi connectivity index (χ1n) is 7.81. The topological polar surface area (TPSA) is 40.6 Å². The molecule has 0 aromatic carbocycles.